The summed E-state index contributed by atoms with van der Waals surface area (Å²) in [5.74, 6) is 0. The molecule has 0 aromatic carbocycles. The molecule has 3 nitrogen and oxygen atoms in total. The van der Waals surface area contributed by atoms with Crippen LogP contribution in [0.15, 0.2) is 0 Å². The van der Waals surface area contributed by atoms with Crippen LogP contribution < -0.4 is 0 Å². The van der Waals surface area contributed by atoms with E-state index in [2.05, 4.69) is 0 Å². The predicted molar refractivity (Wildman–Crippen MR) is 44.7 cm³/mol. The van der Waals surface area contributed by atoms with Crippen LogP contribution in [-0.2, 0) is 4.74 Å². The van der Waals surface area contributed by atoms with Crippen molar-refractivity contribution in [3.63, 3.8) is 0 Å². The Labute approximate surface area is 70.7 Å². The molecule has 0 spiro atoms. The molecular formula is C7H14O3S. The second kappa shape index (κ2) is 3.76. The average Bonchev–Trinajstić information content (AvgIpc) is 2.28. The maximum absolute atomic E-state index is 9.50. The van der Waals surface area contributed by atoms with Gasteiger partial charge in [0.05, 0.1) is 24.1 Å². The molecule has 0 unspecified atom stereocenters. The first-order valence-electron chi connectivity index (χ1n) is 3.68. The van der Waals surface area contributed by atoms with Gasteiger partial charge in [-0.2, -0.15) is 0 Å². The van der Waals surface area contributed by atoms with Crippen LogP contribution in [0, 0.1) is 0 Å². The first kappa shape index (κ1) is 9.32. The third-order valence-corrected chi connectivity index (χ3v) is 3.50. The van der Waals surface area contributed by atoms with Gasteiger partial charge in [0.15, 0.2) is 0 Å². The molecule has 1 rings (SSSR count). The maximum atomic E-state index is 9.50. The molecule has 0 aromatic heterocycles. The third-order valence-electron chi connectivity index (χ3n) is 2.03. The van der Waals surface area contributed by atoms with Crippen molar-refractivity contribution in [3.8, 4) is 0 Å². The summed E-state index contributed by atoms with van der Waals surface area (Å²) in [7, 11) is 1.56. The van der Waals surface area contributed by atoms with Crippen molar-refractivity contribution in [2.24, 2.45) is 0 Å². The molecule has 0 radical (unpaired) electrons. The van der Waals surface area contributed by atoms with Crippen LogP contribution in [0.25, 0.3) is 0 Å². The topological polar surface area (TPSA) is 49.7 Å². The zero-order chi connectivity index (χ0) is 8.43. The van der Waals surface area contributed by atoms with E-state index in [0.29, 0.717) is 0 Å². The molecular weight excluding hydrogens is 164 g/mol. The molecule has 1 fully saturated rings. The SMILES string of the molecule is CO[C@H]1[C@@H](O)[C@H](C)S[C@@H]1CO. The number of rotatable bonds is 2. The number of aliphatic hydroxyl groups is 2. The van der Waals surface area contributed by atoms with Gasteiger partial charge >= 0.3 is 0 Å². The molecule has 11 heavy (non-hydrogen) atoms. The standard InChI is InChI=1S/C7H14O3S/c1-4-6(9)7(10-2)5(3-8)11-4/h4-9H,3H2,1-2H3/t4-,5+,6-,7+/m0/s1. The van der Waals surface area contributed by atoms with E-state index >= 15 is 0 Å². The van der Waals surface area contributed by atoms with Crippen molar-refractivity contribution in [3.05, 3.63) is 0 Å². The minimum absolute atomic E-state index is 0.0324. The second-order valence-electron chi connectivity index (χ2n) is 2.75. The van der Waals surface area contributed by atoms with E-state index in [9.17, 15) is 5.11 Å². The van der Waals surface area contributed by atoms with Gasteiger partial charge in [-0.3, -0.25) is 0 Å². The van der Waals surface area contributed by atoms with Gasteiger partial charge in [0.2, 0.25) is 0 Å². The minimum atomic E-state index is -0.442. The molecule has 2 N–H and O–H groups in total. The molecule has 1 saturated heterocycles. The Morgan fingerprint density at radius 2 is 2.18 bits per heavy atom. The van der Waals surface area contributed by atoms with Crippen LogP contribution in [0.5, 0.6) is 0 Å². The molecule has 0 amide bonds. The summed E-state index contributed by atoms with van der Waals surface area (Å²) in [4.78, 5) is 0. The highest BCUT2D eigenvalue weighted by Crippen LogP contribution is 2.35. The molecule has 0 bridgehead atoms. The number of hydrogen-bond donors (Lipinski definition) is 2. The largest absolute Gasteiger partial charge is 0.395 e. The Balaban J connectivity index is 2.57. The van der Waals surface area contributed by atoms with Gasteiger partial charge in [-0.15, -0.1) is 11.8 Å². The summed E-state index contributed by atoms with van der Waals surface area (Å²) >= 11 is 1.58. The molecule has 0 saturated carbocycles. The van der Waals surface area contributed by atoms with Crippen LogP contribution in [-0.4, -0.2) is 46.6 Å². The van der Waals surface area contributed by atoms with Crippen molar-refractivity contribution < 1.29 is 14.9 Å². The Bertz CT molecular complexity index is 131. The summed E-state index contributed by atoms with van der Waals surface area (Å²) < 4.78 is 5.07. The fourth-order valence-corrected chi connectivity index (χ4v) is 2.74. The maximum Gasteiger partial charge on any atom is 0.0981 e. The highest BCUT2D eigenvalue weighted by atomic mass is 32.2. The summed E-state index contributed by atoms with van der Waals surface area (Å²) in [6.07, 6.45) is -0.651. The van der Waals surface area contributed by atoms with E-state index in [4.69, 9.17) is 9.84 Å². The summed E-state index contributed by atoms with van der Waals surface area (Å²) in [6.45, 7) is 2.02. The number of methoxy groups -OCH3 is 1. The van der Waals surface area contributed by atoms with Gasteiger partial charge in [0.1, 0.15) is 0 Å². The lowest BCUT2D eigenvalue weighted by Crippen LogP contribution is -2.34. The zero-order valence-electron chi connectivity index (χ0n) is 6.73. The molecule has 1 aliphatic heterocycles. The Hall–Kier alpha value is 0.230. The summed E-state index contributed by atoms with van der Waals surface area (Å²) in [6, 6.07) is 0. The van der Waals surface area contributed by atoms with E-state index in [0.717, 1.165) is 0 Å². The van der Waals surface area contributed by atoms with Crippen LogP contribution >= 0.6 is 11.8 Å². The Morgan fingerprint density at radius 1 is 1.55 bits per heavy atom. The van der Waals surface area contributed by atoms with Crippen molar-refractivity contribution in [2.45, 2.75) is 29.6 Å². The molecule has 4 heteroatoms. The fraction of sp³-hybridized carbons (Fsp3) is 1.00. The van der Waals surface area contributed by atoms with Crippen molar-refractivity contribution in [1.82, 2.24) is 0 Å². The normalized spacial score (nSPS) is 44.7. The van der Waals surface area contributed by atoms with Gasteiger partial charge in [0.25, 0.3) is 0 Å². The van der Waals surface area contributed by atoms with Crippen molar-refractivity contribution in [1.29, 1.82) is 0 Å². The van der Waals surface area contributed by atoms with Crippen LogP contribution in [0.1, 0.15) is 6.92 Å². The zero-order valence-corrected chi connectivity index (χ0v) is 7.54. The van der Waals surface area contributed by atoms with Crippen LogP contribution in [0.3, 0.4) is 0 Å². The van der Waals surface area contributed by atoms with Crippen molar-refractivity contribution >= 4 is 11.8 Å². The van der Waals surface area contributed by atoms with Gasteiger partial charge in [-0.25, -0.2) is 0 Å². The van der Waals surface area contributed by atoms with Gasteiger partial charge in [-0.1, -0.05) is 6.92 Å². The van der Waals surface area contributed by atoms with E-state index < -0.39 is 6.10 Å². The minimum Gasteiger partial charge on any atom is -0.395 e. The number of hydrogen-bond acceptors (Lipinski definition) is 4. The van der Waals surface area contributed by atoms with E-state index in [1.807, 2.05) is 6.92 Å². The molecule has 4 atom stereocenters. The molecule has 66 valence electrons. The quantitative estimate of drug-likeness (QED) is 0.618. The van der Waals surface area contributed by atoms with Gasteiger partial charge in [-0.05, 0) is 0 Å². The molecule has 0 aliphatic carbocycles. The van der Waals surface area contributed by atoms with E-state index in [1.165, 1.54) is 0 Å². The molecule has 0 aromatic rings. The number of ether oxygens (including phenoxy) is 1. The summed E-state index contributed by atoms with van der Waals surface area (Å²) in [5, 5.41) is 18.6. The van der Waals surface area contributed by atoms with Crippen LogP contribution in [0.4, 0.5) is 0 Å². The average molecular weight is 178 g/mol. The van der Waals surface area contributed by atoms with E-state index in [-0.39, 0.29) is 23.2 Å². The smallest absolute Gasteiger partial charge is 0.0981 e. The lowest BCUT2D eigenvalue weighted by atomic mass is 10.1. The van der Waals surface area contributed by atoms with E-state index in [1.54, 1.807) is 18.9 Å². The first-order valence-corrected chi connectivity index (χ1v) is 4.62. The number of aliphatic hydroxyl groups excluding tert-OH is 2. The summed E-state index contributed by atoms with van der Waals surface area (Å²) in [5.41, 5.74) is 0. The van der Waals surface area contributed by atoms with Crippen LogP contribution in [0.2, 0.25) is 0 Å². The van der Waals surface area contributed by atoms with Crippen molar-refractivity contribution in [2.75, 3.05) is 13.7 Å². The Kier molecular flexibility index (Phi) is 3.18. The molecule has 1 heterocycles. The Morgan fingerprint density at radius 3 is 2.55 bits per heavy atom. The lowest BCUT2D eigenvalue weighted by Gasteiger charge is -2.17. The first-order chi connectivity index (χ1) is 5.20. The molecule has 1 aliphatic rings. The third kappa shape index (κ3) is 1.69. The fourth-order valence-electron chi connectivity index (χ4n) is 1.36. The monoisotopic (exact) mass is 178 g/mol. The van der Waals surface area contributed by atoms with Gasteiger partial charge < -0.3 is 14.9 Å². The second-order valence-corrected chi connectivity index (χ2v) is 4.37. The van der Waals surface area contributed by atoms with Gasteiger partial charge in [0, 0.05) is 12.4 Å². The highest BCUT2D eigenvalue weighted by Gasteiger charge is 2.40. The lowest BCUT2D eigenvalue weighted by molar-refractivity contribution is -0.00875. The highest BCUT2D eigenvalue weighted by molar-refractivity contribution is 8.00. The predicted octanol–water partition coefficient (Wildman–Crippen LogP) is -0.142. The number of thioether (sulfide) groups is 1.